The third-order valence-electron chi connectivity index (χ3n) is 3.26. The van der Waals surface area contributed by atoms with Crippen molar-refractivity contribution in [2.24, 2.45) is 5.41 Å². The maximum absolute atomic E-state index is 12.2. The van der Waals surface area contributed by atoms with Gasteiger partial charge in [-0.2, -0.15) is 5.26 Å². The Kier molecular flexibility index (Phi) is 5.06. The van der Waals surface area contributed by atoms with Gasteiger partial charge in [0.1, 0.15) is 5.41 Å². The third-order valence-corrected chi connectivity index (χ3v) is 3.59. The van der Waals surface area contributed by atoms with Crippen LogP contribution < -0.4 is 5.32 Å². The fourth-order valence-electron chi connectivity index (χ4n) is 1.74. The minimum absolute atomic E-state index is 0.132. The van der Waals surface area contributed by atoms with Crippen LogP contribution in [0.4, 0.5) is 11.4 Å². The number of carbonyl (C=O) groups is 1. The summed E-state index contributed by atoms with van der Waals surface area (Å²) in [6, 6.07) is 5.76. The Morgan fingerprint density at radius 1 is 1.50 bits per heavy atom. The van der Waals surface area contributed by atoms with Crippen LogP contribution in [0.5, 0.6) is 0 Å². The molecule has 1 N–H and O–H groups in total. The standard InChI is InChI=1S/C13H14ClN3O3/c1-3-13(4-2,8-15)12(18)16-11-7-9(17(19)20)5-6-10(11)14/h5-7H,3-4H2,1-2H3,(H,16,18). The van der Waals surface area contributed by atoms with E-state index in [9.17, 15) is 20.2 Å². The number of non-ortho nitro benzene ring substituents is 1. The van der Waals surface area contributed by atoms with Crippen molar-refractivity contribution in [1.82, 2.24) is 0 Å². The van der Waals surface area contributed by atoms with Crippen molar-refractivity contribution < 1.29 is 9.72 Å². The molecule has 0 aliphatic rings. The topological polar surface area (TPSA) is 96.0 Å². The normalized spacial score (nSPS) is 10.7. The van der Waals surface area contributed by atoms with Gasteiger partial charge in [-0.1, -0.05) is 25.4 Å². The first-order valence-electron chi connectivity index (χ1n) is 6.06. The van der Waals surface area contributed by atoms with E-state index in [4.69, 9.17) is 11.6 Å². The van der Waals surface area contributed by atoms with Gasteiger partial charge in [-0.25, -0.2) is 0 Å². The monoisotopic (exact) mass is 295 g/mol. The molecule has 6 nitrogen and oxygen atoms in total. The Hall–Kier alpha value is -2.13. The molecule has 0 aromatic heterocycles. The molecular formula is C13H14ClN3O3. The summed E-state index contributed by atoms with van der Waals surface area (Å²) in [5.74, 6) is -0.507. The summed E-state index contributed by atoms with van der Waals surface area (Å²) in [6.07, 6.45) is 0.691. The molecule has 1 rings (SSSR count). The molecule has 106 valence electrons. The molecule has 7 heteroatoms. The van der Waals surface area contributed by atoms with E-state index in [1.165, 1.54) is 18.2 Å². The Morgan fingerprint density at radius 3 is 2.55 bits per heavy atom. The van der Waals surface area contributed by atoms with E-state index in [0.29, 0.717) is 12.8 Å². The van der Waals surface area contributed by atoms with Crippen molar-refractivity contribution in [3.8, 4) is 6.07 Å². The largest absolute Gasteiger partial charge is 0.323 e. The highest BCUT2D eigenvalue weighted by Crippen LogP contribution is 2.31. The Balaban J connectivity index is 3.10. The van der Waals surface area contributed by atoms with E-state index in [1.54, 1.807) is 13.8 Å². The van der Waals surface area contributed by atoms with Gasteiger partial charge in [0, 0.05) is 12.1 Å². The minimum Gasteiger partial charge on any atom is -0.323 e. The van der Waals surface area contributed by atoms with Gasteiger partial charge in [-0.05, 0) is 18.9 Å². The van der Waals surface area contributed by atoms with Crippen LogP contribution >= 0.6 is 11.6 Å². The highest BCUT2D eigenvalue weighted by atomic mass is 35.5. The van der Waals surface area contributed by atoms with Gasteiger partial charge >= 0.3 is 0 Å². The zero-order valence-electron chi connectivity index (χ0n) is 11.1. The number of nitriles is 1. The van der Waals surface area contributed by atoms with Gasteiger partial charge in [0.15, 0.2) is 0 Å². The molecule has 0 fully saturated rings. The molecule has 0 saturated carbocycles. The third kappa shape index (κ3) is 3.06. The highest BCUT2D eigenvalue weighted by molar-refractivity contribution is 6.33. The molecule has 0 spiro atoms. The number of halogens is 1. The van der Waals surface area contributed by atoms with Crippen LogP contribution in [0.2, 0.25) is 5.02 Å². The SMILES string of the molecule is CCC(C#N)(CC)C(=O)Nc1cc([N+](=O)[O-])ccc1Cl. The summed E-state index contributed by atoms with van der Waals surface area (Å²) in [4.78, 5) is 22.3. The van der Waals surface area contributed by atoms with Crippen molar-refractivity contribution in [2.75, 3.05) is 5.32 Å². The summed E-state index contributed by atoms with van der Waals surface area (Å²) in [7, 11) is 0. The summed E-state index contributed by atoms with van der Waals surface area (Å²) in [5, 5.41) is 22.6. The number of hydrogen-bond donors (Lipinski definition) is 1. The number of amides is 1. The van der Waals surface area contributed by atoms with Gasteiger partial charge in [-0.3, -0.25) is 14.9 Å². The molecule has 0 saturated heterocycles. The average molecular weight is 296 g/mol. The molecule has 0 aliphatic heterocycles. The maximum Gasteiger partial charge on any atom is 0.271 e. The summed E-state index contributed by atoms with van der Waals surface area (Å²) in [6.45, 7) is 3.47. The predicted molar refractivity (Wildman–Crippen MR) is 75.4 cm³/mol. The Labute approximate surface area is 121 Å². The van der Waals surface area contributed by atoms with Crippen molar-refractivity contribution >= 4 is 28.9 Å². The quantitative estimate of drug-likeness (QED) is 0.664. The number of benzene rings is 1. The van der Waals surface area contributed by atoms with Crippen LogP contribution in [0, 0.1) is 26.9 Å². The molecule has 20 heavy (non-hydrogen) atoms. The van der Waals surface area contributed by atoms with Gasteiger partial charge in [-0.15, -0.1) is 0 Å². The van der Waals surface area contributed by atoms with E-state index < -0.39 is 16.2 Å². The van der Waals surface area contributed by atoms with E-state index in [1.807, 2.05) is 6.07 Å². The van der Waals surface area contributed by atoms with Crippen LogP contribution in [0.3, 0.4) is 0 Å². The van der Waals surface area contributed by atoms with E-state index in [-0.39, 0.29) is 16.4 Å². The van der Waals surface area contributed by atoms with E-state index >= 15 is 0 Å². The van der Waals surface area contributed by atoms with Crippen LogP contribution in [0.15, 0.2) is 18.2 Å². The molecule has 0 aliphatic carbocycles. The number of nitrogens with zero attached hydrogens (tertiary/aromatic N) is 2. The van der Waals surface area contributed by atoms with Crippen LogP contribution in [0.25, 0.3) is 0 Å². The molecule has 0 radical (unpaired) electrons. The molecule has 1 amide bonds. The van der Waals surface area contributed by atoms with E-state index in [0.717, 1.165) is 0 Å². The number of nitro groups is 1. The number of rotatable bonds is 5. The number of nitro benzene ring substituents is 1. The van der Waals surface area contributed by atoms with Crippen LogP contribution in [0.1, 0.15) is 26.7 Å². The maximum atomic E-state index is 12.2. The Bertz CT molecular complexity index is 577. The second kappa shape index (κ2) is 6.35. The lowest BCUT2D eigenvalue weighted by Gasteiger charge is -2.22. The van der Waals surface area contributed by atoms with E-state index in [2.05, 4.69) is 5.32 Å². The molecule has 0 bridgehead atoms. The van der Waals surface area contributed by atoms with Crippen molar-refractivity contribution in [1.29, 1.82) is 5.26 Å². The first kappa shape index (κ1) is 15.9. The number of nitrogens with one attached hydrogen (secondary N) is 1. The lowest BCUT2D eigenvalue weighted by molar-refractivity contribution is -0.384. The summed E-state index contributed by atoms with van der Waals surface area (Å²) in [5.41, 5.74) is -1.21. The number of hydrogen-bond acceptors (Lipinski definition) is 4. The molecule has 1 aromatic carbocycles. The first-order valence-corrected chi connectivity index (χ1v) is 6.44. The first-order chi connectivity index (χ1) is 9.40. The average Bonchev–Trinajstić information content (AvgIpc) is 2.43. The fourth-order valence-corrected chi connectivity index (χ4v) is 1.91. The molecule has 0 heterocycles. The second-order valence-electron chi connectivity index (χ2n) is 4.28. The molecule has 0 unspecified atom stereocenters. The summed E-state index contributed by atoms with van der Waals surface area (Å²) >= 11 is 5.90. The molecule has 1 aromatic rings. The fraction of sp³-hybridized carbons (Fsp3) is 0.385. The lowest BCUT2D eigenvalue weighted by atomic mass is 9.83. The number of anilines is 1. The smallest absolute Gasteiger partial charge is 0.271 e. The zero-order valence-corrected chi connectivity index (χ0v) is 11.9. The van der Waals surface area contributed by atoms with Crippen LogP contribution in [-0.4, -0.2) is 10.8 Å². The highest BCUT2D eigenvalue weighted by Gasteiger charge is 2.35. The van der Waals surface area contributed by atoms with Crippen molar-refractivity contribution in [3.05, 3.63) is 33.3 Å². The minimum atomic E-state index is -1.16. The predicted octanol–water partition coefficient (Wildman–Crippen LogP) is 3.52. The van der Waals surface area contributed by atoms with Gasteiger partial charge < -0.3 is 5.32 Å². The van der Waals surface area contributed by atoms with Crippen molar-refractivity contribution in [2.45, 2.75) is 26.7 Å². The summed E-state index contributed by atoms with van der Waals surface area (Å²) < 4.78 is 0. The lowest BCUT2D eigenvalue weighted by Crippen LogP contribution is -2.34. The zero-order chi connectivity index (χ0) is 15.3. The van der Waals surface area contributed by atoms with Gasteiger partial charge in [0.05, 0.1) is 21.7 Å². The second-order valence-corrected chi connectivity index (χ2v) is 4.68. The van der Waals surface area contributed by atoms with Crippen LogP contribution in [-0.2, 0) is 4.79 Å². The molecule has 0 atom stereocenters. The van der Waals surface area contributed by atoms with Gasteiger partial charge in [0.25, 0.3) is 5.69 Å². The number of carbonyl (C=O) groups excluding carboxylic acids is 1. The molecular weight excluding hydrogens is 282 g/mol. The van der Waals surface area contributed by atoms with Crippen molar-refractivity contribution in [3.63, 3.8) is 0 Å². The van der Waals surface area contributed by atoms with Gasteiger partial charge in [0.2, 0.25) is 5.91 Å². The Morgan fingerprint density at radius 2 is 2.10 bits per heavy atom.